The molecule has 0 saturated heterocycles. The molecule has 56 heavy (non-hydrogen) atoms. The van der Waals surface area contributed by atoms with E-state index < -0.39 is 9.49 Å². The van der Waals surface area contributed by atoms with Gasteiger partial charge in [-0.05, 0) is 51.0 Å². The average molecular weight is 926 g/mol. The second-order valence-electron chi connectivity index (χ2n) is 14.5. The molecule has 0 N–H and O–H groups in total. The number of nitrogens with zero attached hydrogens (tertiary/aromatic N) is 2. The Bertz CT molecular complexity index is 1050. The van der Waals surface area contributed by atoms with Crippen LogP contribution in [0.4, 0.5) is 0 Å². The van der Waals surface area contributed by atoms with E-state index in [0.717, 1.165) is 31.4 Å². The number of carbonyl (C=O) groups is 2. The van der Waals surface area contributed by atoms with Crippen LogP contribution < -0.4 is 0 Å². The van der Waals surface area contributed by atoms with Crippen LogP contribution >= 0.6 is 93.1 Å². The Morgan fingerprint density at radius 3 is 1.12 bits per heavy atom. The average Bonchev–Trinajstić information content (AvgIpc) is 3.18. The van der Waals surface area contributed by atoms with Gasteiger partial charge < -0.3 is 9.47 Å². The first kappa shape index (κ1) is 56.2. The van der Waals surface area contributed by atoms with Crippen molar-refractivity contribution in [2.24, 2.45) is 0 Å². The summed E-state index contributed by atoms with van der Waals surface area (Å²) < 4.78 is 10.8. The standard InChI is InChI=1S/C42H72N2O4S8/c1-5-7-9-11-13-15-17-19-21-23-31-51-39(49)55-41(3,35-43)27-25-37(45)47-29-33-53-54-34-30-48-38(46)26-28-42(4,36-44)56-40(50)52-32-24-22-20-18-16-14-12-10-8-6-2/h5-34H2,1-4H3/t41-,42?/m1/s1. The molecular formula is C42H72N2O4S8. The lowest BCUT2D eigenvalue weighted by Crippen LogP contribution is -2.21. The van der Waals surface area contributed by atoms with Gasteiger partial charge in [0.15, 0.2) is 0 Å². The summed E-state index contributed by atoms with van der Waals surface area (Å²) in [6, 6.07) is 4.69. The second-order valence-corrected chi connectivity index (χ2v) is 24.8. The van der Waals surface area contributed by atoms with Gasteiger partial charge in [-0.2, -0.15) is 10.5 Å². The summed E-state index contributed by atoms with van der Waals surface area (Å²) in [5.41, 5.74) is 0. The molecule has 322 valence electrons. The molecule has 0 heterocycles. The van der Waals surface area contributed by atoms with Gasteiger partial charge in [0.1, 0.15) is 29.8 Å². The summed E-state index contributed by atoms with van der Waals surface area (Å²) in [6.45, 7) is 8.75. The van der Waals surface area contributed by atoms with Crippen molar-refractivity contribution in [2.75, 3.05) is 36.2 Å². The predicted molar refractivity (Wildman–Crippen MR) is 262 cm³/mol. The first-order chi connectivity index (χ1) is 27.0. The molecule has 0 saturated carbocycles. The van der Waals surface area contributed by atoms with Crippen molar-refractivity contribution in [3.05, 3.63) is 0 Å². The van der Waals surface area contributed by atoms with Gasteiger partial charge in [-0.25, -0.2) is 0 Å². The third-order valence-electron chi connectivity index (χ3n) is 9.08. The number of hydrogen-bond acceptors (Lipinski definition) is 14. The molecule has 0 spiro atoms. The number of rotatable bonds is 37. The predicted octanol–water partition coefficient (Wildman–Crippen LogP) is 14.9. The fourth-order valence-corrected chi connectivity index (χ4v) is 13.1. The van der Waals surface area contributed by atoms with Crippen molar-refractivity contribution in [2.45, 2.75) is 191 Å². The molecular weight excluding hydrogens is 853 g/mol. The normalized spacial score (nSPS) is 13.2. The first-order valence-electron chi connectivity index (χ1n) is 21.1. The summed E-state index contributed by atoms with van der Waals surface area (Å²) >= 11 is 17.2. The minimum Gasteiger partial charge on any atom is -0.465 e. The Morgan fingerprint density at radius 1 is 0.518 bits per heavy atom. The highest BCUT2D eigenvalue weighted by atomic mass is 33.1. The minimum atomic E-state index is -0.757. The van der Waals surface area contributed by atoms with Crippen LogP contribution in [0.1, 0.15) is 182 Å². The molecule has 0 aromatic carbocycles. The van der Waals surface area contributed by atoms with Crippen molar-refractivity contribution in [3.63, 3.8) is 0 Å². The van der Waals surface area contributed by atoms with Crippen LogP contribution in [0, 0.1) is 22.7 Å². The summed E-state index contributed by atoms with van der Waals surface area (Å²) in [7, 11) is 3.11. The number of unbranched alkanes of at least 4 members (excludes halogenated alkanes) is 18. The topological polar surface area (TPSA) is 100 Å². The fraction of sp³-hybridized carbons (Fsp3) is 0.857. The molecule has 0 amide bonds. The molecule has 2 atom stereocenters. The molecule has 0 bridgehead atoms. The third kappa shape index (κ3) is 36.1. The molecule has 1 unspecified atom stereocenters. The van der Waals surface area contributed by atoms with Crippen LogP contribution in [0.15, 0.2) is 0 Å². The van der Waals surface area contributed by atoms with Crippen molar-refractivity contribution >= 4 is 112 Å². The number of esters is 2. The van der Waals surface area contributed by atoms with Gasteiger partial charge in [0.2, 0.25) is 0 Å². The zero-order valence-corrected chi connectivity index (χ0v) is 41.5. The number of ether oxygens (including phenoxy) is 2. The summed E-state index contributed by atoms with van der Waals surface area (Å²) in [6.07, 6.45) is 27.2. The van der Waals surface area contributed by atoms with Crippen molar-refractivity contribution in [1.29, 1.82) is 10.5 Å². The zero-order chi connectivity index (χ0) is 41.6. The second kappa shape index (κ2) is 39.3. The van der Waals surface area contributed by atoms with Crippen LogP contribution in [0.5, 0.6) is 0 Å². The molecule has 0 fully saturated rings. The quantitative estimate of drug-likeness (QED) is 0.0256. The molecule has 0 aliphatic heterocycles. The van der Waals surface area contributed by atoms with Gasteiger partial charge in [0.05, 0.1) is 12.1 Å². The van der Waals surface area contributed by atoms with Crippen LogP contribution in [0.25, 0.3) is 0 Å². The van der Waals surface area contributed by atoms with Crippen LogP contribution in [0.2, 0.25) is 0 Å². The van der Waals surface area contributed by atoms with E-state index in [-0.39, 0.29) is 38.0 Å². The number of thioether (sulfide) groups is 4. The van der Waals surface area contributed by atoms with Crippen LogP contribution in [-0.4, -0.2) is 64.7 Å². The molecule has 0 aliphatic rings. The van der Waals surface area contributed by atoms with E-state index in [1.807, 2.05) is 13.8 Å². The Kier molecular flexibility index (Phi) is 39.5. The lowest BCUT2D eigenvalue weighted by atomic mass is 10.1. The van der Waals surface area contributed by atoms with Crippen molar-refractivity contribution < 1.29 is 19.1 Å². The van der Waals surface area contributed by atoms with E-state index in [1.54, 1.807) is 45.1 Å². The Labute approximate surface area is 378 Å². The SMILES string of the molecule is CCCCCCCCCCCCSC(=S)SC(C)(C#N)CCC(=O)OCCSSCCOC(=O)CC[C@](C)(C#N)SC(=S)SCCCCCCCCCCCC. The number of hydrogen-bond donors (Lipinski definition) is 0. The summed E-state index contributed by atoms with van der Waals surface area (Å²) in [4.78, 5) is 24.7. The Morgan fingerprint density at radius 2 is 0.821 bits per heavy atom. The highest BCUT2D eigenvalue weighted by molar-refractivity contribution is 8.76. The van der Waals surface area contributed by atoms with Crippen LogP contribution in [0.3, 0.4) is 0 Å². The van der Waals surface area contributed by atoms with Gasteiger partial charge in [-0.15, -0.1) is 23.5 Å². The maximum absolute atomic E-state index is 12.3. The summed E-state index contributed by atoms with van der Waals surface area (Å²) in [5, 5.41) is 19.6. The maximum atomic E-state index is 12.3. The van der Waals surface area contributed by atoms with Crippen molar-refractivity contribution in [3.8, 4) is 12.1 Å². The molecule has 0 aromatic rings. The van der Waals surface area contributed by atoms with Gasteiger partial charge in [0, 0.05) is 24.3 Å². The first-order valence-corrected chi connectivity index (χ1v) is 28.0. The maximum Gasteiger partial charge on any atom is 0.305 e. The Hall–Kier alpha value is 0.200. The Balaban J connectivity index is 3.93. The molecule has 14 heteroatoms. The third-order valence-corrected chi connectivity index (χ3v) is 17.1. The number of carbonyl (C=O) groups excluding carboxylic acids is 2. The van der Waals surface area contributed by atoms with E-state index in [4.69, 9.17) is 33.9 Å². The van der Waals surface area contributed by atoms with Gasteiger partial charge in [-0.1, -0.05) is 199 Å². The van der Waals surface area contributed by atoms with E-state index in [1.165, 1.54) is 139 Å². The number of nitriles is 2. The highest BCUT2D eigenvalue weighted by Crippen LogP contribution is 2.36. The fourth-order valence-electron chi connectivity index (χ4n) is 5.50. The summed E-state index contributed by atoms with van der Waals surface area (Å²) in [5.74, 6) is 2.55. The molecule has 0 aliphatic carbocycles. The van der Waals surface area contributed by atoms with Gasteiger partial charge >= 0.3 is 11.9 Å². The molecule has 0 rings (SSSR count). The molecule has 0 radical (unpaired) electrons. The van der Waals surface area contributed by atoms with E-state index >= 15 is 0 Å². The van der Waals surface area contributed by atoms with Gasteiger partial charge in [-0.3, -0.25) is 9.59 Å². The van der Waals surface area contributed by atoms with Crippen molar-refractivity contribution in [1.82, 2.24) is 0 Å². The zero-order valence-electron chi connectivity index (χ0n) is 35.0. The number of thiocarbonyl (C=S) groups is 2. The smallest absolute Gasteiger partial charge is 0.305 e. The van der Waals surface area contributed by atoms with Gasteiger partial charge in [0.25, 0.3) is 0 Å². The molecule has 6 nitrogen and oxygen atoms in total. The lowest BCUT2D eigenvalue weighted by Gasteiger charge is -2.20. The highest BCUT2D eigenvalue weighted by Gasteiger charge is 2.29. The molecule has 0 aromatic heterocycles. The van der Waals surface area contributed by atoms with E-state index in [2.05, 4.69) is 26.0 Å². The van der Waals surface area contributed by atoms with Crippen LogP contribution in [-0.2, 0) is 19.1 Å². The van der Waals surface area contributed by atoms with E-state index in [0.29, 0.717) is 24.3 Å². The lowest BCUT2D eigenvalue weighted by molar-refractivity contribution is -0.144. The minimum absolute atomic E-state index is 0.171. The largest absolute Gasteiger partial charge is 0.465 e. The van der Waals surface area contributed by atoms with E-state index in [9.17, 15) is 20.1 Å². The monoisotopic (exact) mass is 924 g/mol.